The van der Waals surface area contributed by atoms with E-state index in [9.17, 15) is 24.7 Å². The van der Waals surface area contributed by atoms with E-state index in [1.165, 1.54) is 28.5 Å². The number of carbonyl (C=O) groups is 3. The lowest BCUT2D eigenvalue weighted by molar-refractivity contribution is -0.150. The molecule has 1 saturated heterocycles. The SMILES string of the molecule is Nc1nc(/C(=N/O)C(=O)N[C@@H]2C(=O)N3C(C(=O)O)=C(/C=C/C=C/c4cncs4)CS[C@H]23)cs1. The van der Waals surface area contributed by atoms with E-state index in [1.54, 1.807) is 29.9 Å². The molecule has 14 heteroatoms. The van der Waals surface area contributed by atoms with Gasteiger partial charge in [-0.25, -0.2) is 9.78 Å². The van der Waals surface area contributed by atoms with E-state index < -0.39 is 29.2 Å². The molecule has 4 heterocycles. The first-order valence-electron chi connectivity index (χ1n) is 9.29. The molecule has 170 valence electrons. The van der Waals surface area contributed by atoms with E-state index in [4.69, 9.17) is 5.73 Å². The van der Waals surface area contributed by atoms with Gasteiger partial charge in [0.15, 0.2) is 10.8 Å². The number of carboxylic acid groups (broad SMARTS) is 1. The van der Waals surface area contributed by atoms with Crippen molar-refractivity contribution in [3.05, 3.63) is 57.2 Å². The zero-order valence-electron chi connectivity index (χ0n) is 16.6. The largest absolute Gasteiger partial charge is 0.477 e. The number of anilines is 1. The fourth-order valence-corrected chi connectivity index (χ4v) is 5.61. The Balaban J connectivity index is 1.48. The summed E-state index contributed by atoms with van der Waals surface area (Å²) in [5, 5.41) is 25.4. The van der Waals surface area contributed by atoms with Crippen LogP contribution in [0.1, 0.15) is 10.6 Å². The smallest absolute Gasteiger partial charge is 0.352 e. The fraction of sp³-hybridized carbons (Fsp3) is 0.158. The minimum atomic E-state index is -1.24. The van der Waals surface area contributed by atoms with Crippen molar-refractivity contribution in [1.82, 2.24) is 20.2 Å². The number of amides is 2. The van der Waals surface area contributed by atoms with Crippen LogP contribution in [0.2, 0.25) is 0 Å². The number of oxime groups is 1. The first kappa shape index (κ1) is 22.7. The van der Waals surface area contributed by atoms with Crippen LogP contribution in [0.25, 0.3) is 6.08 Å². The number of nitrogen functional groups attached to an aromatic ring is 1. The molecule has 2 amide bonds. The molecule has 2 aromatic rings. The number of aromatic nitrogens is 2. The normalized spacial score (nSPS) is 20.9. The summed E-state index contributed by atoms with van der Waals surface area (Å²) in [4.78, 5) is 47.2. The number of β-lactam (4-membered cyclic amide) rings is 1. The lowest BCUT2D eigenvalue weighted by Gasteiger charge is -2.49. The van der Waals surface area contributed by atoms with Gasteiger partial charge in [-0.1, -0.05) is 23.4 Å². The topological polar surface area (TPSA) is 171 Å². The maximum absolute atomic E-state index is 12.7. The fourth-order valence-electron chi connectivity index (χ4n) is 3.22. The predicted octanol–water partition coefficient (Wildman–Crippen LogP) is 1.37. The minimum absolute atomic E-state index is 0.0716. The van der Waals surface area contributed by atoms with Crippen molar-refractivity contribution in [3.8, 4) is 0 Å². The van der Waals surface area contributed by atoms with Gasteiger partial charge in [0.25, 0.3) is 11.8 Å². The predicted molar refractivity (Wildman–Crippen MR) is 125 cm³/mol. The molecule has 33 heavy (non-hydrogen) atoms. The van der Waals surface area contributed by atoms with Crippen LogP contribution in [0.15, 0.2) is 51.7 Å². The van der Waals surface area contributed by atoms with Crippen LogP contribution >= 0.6 is 34.4 Å². The highest BCUT2D eigenvalue weighted by Crippen LogP contribution is 2.40. The van der Waals surface area contributed by atoms with Gasteiger partial charge in [0.2, 0.25) is 0 Å². The van der Waals surface area contributed by atoms with Crippen molar-refractivity contribution in [2.75, 3.05) is 11.5 Å². The number of nitrogens with zero attached hydrogens (tertiary/aromatic N) is 4. The van der Waals surface area contributed by atoms with Crippen molar-refractivity contribution >= 4 is 69.1 Å². The van der Waals surface area contributed by atoms with E-state index in [-0.39, 0.29) is 22.2 Å². The molecule has 0 aliphatic carbocycles. The third-order valence-electron chi connectivity index (χ3n) is 4.69. The zero-order valence-corrected chi connectivity index (χ0v) is 19.1. The Morgan fingerprint density at radius 3 is 2.73 bits per heavy atom. The highest BCUT2D eigenvalue weighted by atomic mass is 32.2. The van der Waals surface area contributed by atoms with E-state index >= 15 is 0 Å². The molecule has 0 radical (unpaired) electrons. The van der Waals surface area contributed by atoms with Crippen LogP contribution in [0.5, 0.6) is 0 Å². The number of nitrogens with one attached hydrogen (secondary N) is 1. The molecule has 2 aliphatic heterocycles. The first-order valence-corrected chi connectivity index (χ1v) is 12.1. The van der Waals surface area contributed by atoms with Crippen molar-refractivity contribution in [2.45, 2.75) is 11.4 Å². The van der Waals surface area contributed by atoms with Gasteiger partial charge in [-0.3, -0.25) is 19.5 Å². The van der Waals surface area contributed by atoms with Gasteiger partial charge >= 0.3 is 5.97 Å². The van der Waals surface area contributed by atoms with Crippen LogP contribution in [-0.2, 0) is 14.4 Å². The molecule has 1 fully saturated rings. The zero-order chi connectivity index (χ0) is 23.5. The second-order valence-corrected chi connectivity index (χ2v) is 9.59. The summed E-state index contributed by atoms with van der Waals surface area (Å²) in [5.74, 6) is -2.29. The average molecular weight is 505 g/mol. The highest BCUT2D eigenvalue weighted by Gasteiger charge is 2.54. The molecule has 0 unspecified atom stereocenters. The van der Waals surface area contributed by atoms with Crippen LogP contribution in [-0.4, -0.2) is 65.8 Å². The Morgan fingerprint density at radius 2 is 2.09 bits per heavy atom. The highest BCUT2D eigenvalue weighted by molar-refractivity contribution is 8.00. The Bertz CT molecular complexity index is 1220. The van der Waals surface area contributed by atoms with Crippen molar-refractivity contribution in [3.63, 3.8) is 0 Å². The summed E-state index contributed by atoms with van der Waals surface area (Å²) in [6.07, 6.45) is 8.66. The number of fused-ring (bicyclic) bond motifs is 1. The van der Waals surface area contributed by atoms with E-state index in [1.807, 2.05) is 6.08 Å². The van der Waals surface area contributed by atoms with Crippen LogP contribution in [0.4, 0.5) is 5.13 Å². The number of carbonyl (C=O) groups excluding carboxylic acids is 2. The van der Waals surface area contributed by atoms with Gasteiger partial charge in [0.1, 0.15) is 22.8 Å². The Morgan fingerprint density at radius 1 is 1.30 bits per heavy atom. The van der Waals surface area contributed by atoms with Crippen LogP contribution in [0, 0.1) is 0 Å². The van der Waals surface area contributed by atoms with Crippen LogP contribution in [0.3, 0.4) is 0 Å². The molecular formula is C19H16N6O5S3. The molecule has 4 rings (SSSR count). The standard InChI is InChI=1S/C19H16N6O5S3/c20-19-22-11(7-32-19)12(24-30)15(26)23-13-16(27)25-14(18(28)29)9(6-31-17(13)25)3-1-2-4-10-5-21-8-33-10/h1-5,7-8,13,17,30H,6H2,(H2,20,22)(H,23,26)(H,28,29)/b3-1+,4-2+,24-12-/t13-,17-/m1/s1. The number of carboxylic acids is 1. The number of allylic oxidation sites excluding steroid dienone is 3. The minimum Gasteiger partial charge on any atom is -0.477 e. The summed E-state index contributed by atoms with van der Waals surface area (Å²) in [6.45, 7) is 0. The quantitative estimate of drug-likeness (QED) is 0.143. The van der Waals surface area contributed by atoms with Crippen molar-refractivity contribution in [2.24, 2.45) is 5.16 Å². The first-order chi connectivity index (χ1) is 15.9. The van der Waals surface area contributed by atoms with Gasteiger partial charge in [-0.05, 0) is 11.6 Å². The van der Waals surface area contributed by atoms with Gasteiger partial charge < -0.3 is 21.4 Å². The molecule has 0 saturated carbocycles. The second kappa shape index (κ2) is 9.56. The van der Waals surface area contributed by atoms with Gasteiger partial charge in [0.05, 0.1) is 5.51 Å². The lowest BCUT2D eigenvalue weighted by Crippen LogP contribution is -2.71. The summed E-state index contributed by atoms with van der Waals surface area (Å²) < 4.78 is 0. The molecule has 5 N–H and O–H groups in total. The second-order valence-electron chi connectivity index (χ2n) is 6.68. The lowest BCUT2D eigenvalue weighted by atomic mass is 10.0. The van der Waals surface area contributed by atoms with Crippen molar-refractivity contribution < 1.29 is 24.7 Å². The van der Waals surface area contributed by atoms with Crippen molar-refractivity contribution in [1.29, 1.82) is 0 Å². The monoisotopic (exact) mass is 504 g/mol. The van der Waals surface area contributed by atoms with E-state index in [2.05, 4.69) is 20.4 Å². The molecule has 0 spiro atoms. The number of nitrogens with two attached hydrogens (primary N) is 1. The molecule has 2 atom stereocenters. The maximum atomic E-state index is 12.7. The molecule has 2 aromatic heterocycles. The van der Waals surface area contributed by atoms with Gasteiger partial charge in [-0.15, -0.1) is 34.4 Å². The third-order valence-corrected chi connectivity index (χ3v) is 7.40. The number of rotatable bonds is 7. The van der Waals surface area contributed by atoms with E-state index in [0.29, 0.717) is 11.3 Å². The van der Waals surface area contributed by atoms with Crippen LogP contribution < -0.4 is 11.1 Å². The summed E-state index contributed by atoms with van der Waals surface area (Å²) >= 11 is 3.85. The number of aliphatic carboxylic acids is 1. The van der Waals surface area contributed by atoms with Gasteiger partial charge in [0, 0.05) is 22.2 Å². The Labute approximate surface area is 199 Å². The number of thiazole rings is 2. The molecule has 11 nitrogen and oxygen atoms in total. The van der Waals surface area contributed by atoms with E-state index in [0.717, 1.165) is 21.1 Å². The average Bonchev–Trinajstić information content (AvgIpc) is 3.46. The molecule has 0 bridgehead atoms. The maximum Gasteiger partial charge on any atom is 0.352 e. The Kier molecular flexibility index (Phi) is 6.57. The number of hydrogen-bond acceptors (Lipinski definition) is 11. The third kappa shape index (κ3) is 4.53. The number of thioether (sulfide) groups is 1. The molecule has 2 aliphatic rings. The Hall–Kier alpha value is -3.49. The summed E-state index contributed by atoms with van der Waals surface area (Å²) in [5.41, 5.74) is 7.29. The van der Waals surface area contributed by atoms with Gasteiger partial charge in [-0.2, -0.15) is 0 Å². The number of hydrogen-bond donors (Lipinski definition) is 4. The molecular weight excluding hydrogens is 488 g/mol. The molecule has 0 aromatic carbocycles. The summed E-state index contributed by atoms with van der Waals surface area (Å²) in [6, 6.07) is -0.971. The summed E-state index contributed by atoms with van der Waals surface area (Å²) in [7, 11) is 0.